The zero-order chi connectivity index (χ0) is 6.85. The summed E-state index contributed by atoms with van der Waals surface area (Å²) in [5.41, 5.74) is 7.54. The van der Waals surface area contributed by atoms with E-state index >= 15 is 0 Å². The predicted molar refractivity (Wildman–Crippen MR) is 28.2 cm³/mol. The molecule has 1 rings (SSSR count). The van der Waals surface area contributed by atoms with Gasteiger partial charge in [0, 0.05) is 0 Å². The van der Waals surface area contributed by atoms with Gasteiger partial charge < -0.3 is 0 Å². The van der Waals surface area contributed by atoms with Gasteiger partial charge in [0.25, 0.3) is 0 Å². The third-order valence-electron chi connectivity index (χ3n) is 0.938. The maximum Gasteiger partial charge on any atom is 0.157 e. The van der Waals surface area contributed by atoms with Crippen molar-refractivity contribution in [2.75, 3.05) is 0 Å². The molecule has 0 aromatic heterocycles. The molecule has 0 fully saturated rings. The van der Waals surface area contributed by atoms with Crippen LogP contribution in [0.5, 0.6) is 0 Å². The van der Waals surface area contributed by atoms with Gasteiger partial charge in [0.05, 0.1) is 0 Å². The molecule has 1 nitrogen and oxygen atoms in total. The molecule has 0 saturated heterocycles. The van der Waals surface area contributed by atoms with E-state index in [9.17, 15) is 8.78 Å². The molecular weight excluding hydrogens is 124 g/mol. The zero-order valence-electron chi connectivity index (χ0n) is 4.44. The van der Waals surface area contributed by atoms with Gasteiger partial charge in [-0.05, 0) is 12.1 Å². The molecule has 0 spiro atoms. The molecule has 2 radical (unpaired) electrons. The maximum atomic E-state index is 12.1. The topological polar surface area (TPSA) is 22.3 Å². The van der Waals surface area contributed by atoms with Gasteiger partial charge in [0.1, 0.15) is 0 Å². The van der Waals surface area contributed by atoms with Gasteiger partial charge in [0.2, 0.25) is 0 Å². The van der Waals surface area contributed by atoms with Crippen LogP contribution in [0.2, 0.25) is 0 Å². The van der Waals surface area contributed by atoms with Crippen LogP contribution in [-0.2, 0) is 0 Å². The molecule has 0 saturated carbocycles. The second-order valence-electron chi connectivity index (χ2n) is 1.57. The number of nitrogens with zero attached hydrogens (tertiary/aromatic N) is 1. The fourth-order valence-electron chi connectivity index (χ4n) is 0.489. The fourth-order valence-corrected chi connectivity index (χ4v) is 0.489. The highest BCUT2D eigenvalue weighted by Crippen LogP contribution is 2.14. The molecule has 9 heavy (non-hydrogen) atoms. The minimum absolute atomic E-state index is 0.919. The van der Waals surface area contributed by atoms with Crippen molar-refractivity contribution in [2.45, 2.75) is 0 Å². The molecule has 0 unspecified atom stereocenters. The van der Waals surface area contributed by atoms with Crippen molar-refractivity contribution in [1.29, 1.82) is 0 Å². The molecule has 0 heterocycles. The normalized spacial score (nSPS) is 9.56. The van der Waals surface area contributed by atoms with Crippen molar-refractivity contribution in [1.82, 2.24) is 5.73 Å². The van der Waals surface area contributed by atoms with E-state index in [1.165, 1.54) is 6.07 Å². The molecule has 0 N–H and O–H groups in total. The summed E-state index contributed by atoms with van der Waals surface area (Å²) in [6, 6.07) is 3.15. The molecule has 3 heteroatoms. The Bertz CT molecular complexity index is 202. The molecule has 0 bridgehead atoms. The summed E-state index contributed by atoms with van der Waals surface area (Å²) in [6.45, 7) is 0. The van der Waals surface area contributed by atoms with Crippen LogP contribution in [0.4, 0.5) is 14.5 Å². The van der Waals surface area contributed by atoms with E-state index in [0.717, 1.165) is 12.1 Å². The summed E-state index contributed by atoms with van der Waals surface area (Å²) in [5, 5.41) is 0. The Morgan fingerprint density at radius 1 is 1.11 bits per heavy atom. The predicted octanol–water partition coefficient (Wildman–Crippen LogP) is 1.67. The Morgan fingerprint density at radius 2 is 1.56 bits per heavy atom. The lowest BCUT2D eigenvalue weighted by molar-refractivity contribution is 0.585. The second-order valence-corrected chi connectivity index (χ2v) is 1.57. The van der Waals surface area contributed by atoms with E-state index in [1.807, 2.05) is 0 Å². The maximum absolute atomic E-state index is 12.1. The van der Waals surface area contributed by atoms with E-state index in [2.05, 4.69) is 0 Å². The van der Waals surface area contributed by atoms with Crippen molar-refractivity contribution in [3.63, 3.8) is 0 Å². The molecular formula is C6H3F2N. The van der Waals surface area contributed by atoms with Gasteiger partial charge >= 0.3 is 0 Å². The summed E-state index contributed by atoms with van der Waals surface area (Å²) in [7, 11) is 0. The van der Waals surface area contributed by atoms with E-state index < -0.39 is 17.3 Å². The van der Waals surface area contributed by atoms with Gasteiger partial charge in [-0.2, -0.15) is 0 Å². The van der Waals surface area contributed by atoms with Gasteiger partial charge in [-0.25, -0.2) is 8.78 Å². The quantitative estimate of drug-likeness (QED) is 0.505. The minimum atomic E-state index is -0.935. The first-order valence-corrected chi connectivity index (χ1v) is 2.35. The molecule has 0 aliphatic carbocycles. The van der Waals surface area contributed by atoms with Crippen LogP contribution >= 0.6 is 0 Å². The largest absolute Gasteiger partial charge is 0.204 e. The van der Waals surface area contributed by atoms with Gasteiger partial charge in [-0.15, -0.1) is 5.73 Å². The number of hydrogen-bond donors (Lipinski definition) is 0. The van der Waals surface area contributed by atoms with E-state index in [-0.39, 0.29) is 0 Å². The number of rotatable bonds is 0. The smallest absolute Gasteiger partial charge is 0.157 e. The average Bonchev–Trinajstić information content (AvgIpc) is 1.83. The van der Waals surface area contributed by atoms with Gasteiger partial charge in [-0.3, -0.25) is 0 Å². The first-order valence-electron chi connectivity index (χ1n) is 2.35. The molecule has 0 atom stereocenters. The Morgan fingerprint density at radius 3 is 1.89 bits per heavy atom. The van der Waals surface area contributed by atoms with E-state index in [0.29, 0.717) is 0 Å². The third kappa shape index (κ3) is 0.988. The Kier molecular flexibility index (Phi) is 1.34. The van der Waals surface area contributed by atoms with Crippen LogP contribution in [0.3, 0.4) is 0 Å². The van der Waals surface area contributed by atoms with Crippen LogP contribution in [0, 0.1) is 11.6 Å². The lowest BCUT2D eigenvalue weighted by atomic mass is 10.3. The Labute approximate surface area is 51.1 Å². The van der Waals surface area contributed by atoms with Crippen molar-refractivity contribution < 1.29 is 8.78 Å². The first-order chi connectivity index (χ1) is 4.22. The van der Waals surface area contributed by atoms with Crippen LogP contribution < -0.4 is 5.73 Å². The summed E-state index contributed by atoms with van der Waals surface area (Å²) in [6.07, 6.45) is 0. The number of hydrogen-bond acceptors (Lipinski definition) is 0. The minimum Gasteiger partial charge on any atom is -0.204 e. The van der Waals surface area contributed by atoms with E-state index in [1.54, 1.807) is 0 Å². The highest BCUT2D eigenvalue weighted by atomic mass is 19.1. The summed E-state index contributed by atoms with van der Waals surface area (Å²) < 4.78 is 24.2. The summed E-state index contributed by atoms with van der Waals surface area (Å²) >= 11 is 0. The molecule has 0 aliphatic rings. The van der Waals surface area contributed by atoms with Gasteiger partial charge in [-0.1, -0.05) is 6.07 Å². The molecule has 1 aromatic carbocycles. The number of benzene rings is 1. The fraction of sp³-hybridized carbons (Fsp3) is 0. The lowest BCUT2D eigenvalue weighted by Gasteiger charge is -1.90. The lowest BCUT2D eigenvalue weighted by Crippen LogP contribution is -1.82. The van der Waals surface area contributed by atoms with Crippen LogP contribution in [-0.4, -0.2) is 0 Å². The second kappa shape index (κ2) is 2.01. The number of halogens is 2. The van der Waals surface area contributed by atoms with E-state index in [4.69, 9.17) is 5.73 Å². The highest BCUT2D eigenvalue weighted by Gasteiger charge is 2.03. The van der Waals surface area contributed by atoms with Crippen LogP contribution in [0.1, 0.15) is 0 Å². The van der Waals surface area contributed by atoms with Crippen LogP contribution in [0.15, 0.2) is 18.2 Å². The molecule has 0 amide bonds. The van der Waals surface area contributed by atoms with Crippen molar-refractivity contribution in [3.05, 3.63) is 29.8 Å². The van der Waals surface area contributed by atoms with Crippen molar-refractivity contribution in [2.24, 2.45) is 0 Å². The Hall–Kier alpha value is -1.12. The third-order valence-corrected chi connectivity index (χ3v) is 0.938. The molecule has 1 aromatic rings. The van der Waals surface area contributed by atoms with Crippen molar-refractivity contribution >= 4 is 5.69 Å². The first kappa shape index (κ1) is 6.01. The summed E-state index contributed by atoms with van der Waals surface area (Å²) in [5.74, 6) is -1.87. The van der Waals surface area contributed by atoms with Crippen LogP contribution in [0.25, 0.3) is 0 Å². The monoisotopic (exact) mass is 127 g/mol. The van der Waals surface area contributed by atoms with Crippen molar-refractivity contribution in [3.8, 4) is 0 Å². The van der Waals surface area contributed by atoms with Gasteiger partial charge in [0.15, 0.2) is 17.3 Å². The molecule has 0 aliphatic heterocycles. The standard InChI is InChI=1S/C6H3F2N/c7-4-2-1-3-5(8)6(4)9/h1-3H. The SMILES string of the molecule is [N]c1c(F)cccc1F. The Balaban J connectivity index is 3.25. The highest BCUT2D eigenvalue weighted by molar-refractivity contribution is 5.36. The zero-order valence-corrected chi connectivity index (χ0v) is 4.44. The molecule has 46 valence electrons. The summed E-state index contributed by atoms with van der Waals surface area (Å²) in [4.78, 5) is 0. The average molecular weight is 127 g/mol.